The predicted molar refractivity (Wildman–Crippen MR) is 57.6 cm³/mol. The maximum Gasteiger partial charge on any atom is 0.339 e. The topological polar surface area (TPSA) is 55.8 Å². The van der Waals surface area contributed by atoms with Crippen LogP contribution in [0.3, 0.4) is 0 Å². The molecule has 86 valence electrons. The van der Waals surface area contributed by atoms with E-state index in [-0.39, 0.29) is 11.9 Å². The largest absolute Gasteiger partial charge is 0.478 e. The van der Waals surface area contributed by atoms with Crippen LogP contribution in [0.15, 0.2) is 24.3 Å². The number of carbonyl (C=O) groups is 1. The Morgan fingerprint density at radius 3 is 2.88 bits per heavy atom. The van der Waals surface area contributed by atoms with E-state index >= 15 is 0 Å². The van der Waals surface area contributed by atoms with E-state index in [1.807, 2.05) is 0 Å². The normalized spacial score (nSPS) is 20.4. The average Bonchev–Trinajstić information content (AvgIpc) is 2.31. The van der Waals surface area contributed by atoms with Crippen molar-refractivity contribution in [3.05, 3.63) is 29.8 Å². The smallest absolute Gasteiger partial charge is 0.339 e. The summed E-state index contributed by atoms with van der Waals surface area (Å²) < 4.78 is 10.9. The maximum absolute atomic E-state index is 10.9. The molecular weight excluding hydrogens is 208 g/mol. The molecular formula is C12H14O4. The van der Waals surface area contributed by atoms with Gasteiger partial charge < -0.3 is 14.6 Å². The van der Waals surface area contributed by atoms with Gasteiger partial charge in [0.2, 0.25) is 0 Å². The van der Waals surface area contributed by atoms with Gasteiger partial charge in [0.05, 0.1) is 6.61 Å². The van der Waals surface area contributed by atoms with Gasteiger partial charge in [-0.15, -0.1) is 0 Å². The summed E-state index contributed by atoms with van der Waals surface area (Å²) >= 11 is 0. The van der Waals surface area contributed by atoms with E-state index in [0.717, 1.165) is 19.3 Å². The molecule has 0 bridgehead atoms. The van der Waals surface area contributed by atoms with Crippen molar-refractivity contribution in [1.82, 2.24) is 0 Å². The molecule has 1 saturated heterocycles. The molecule has 1 fully saturated rings. The van der Waals surface area contributed by atoms with Crippen molar-refractivity contribution in [2.75, 3.05) is 6.61 Å². The second-order valence-corrected chi connectivity index (χ2v) is 3.72. The molecule has 1 heterocycles. The summed E-state index contributed by atoms with van der Waals surface area (Å²) in [5.74, 6) is -0.603. The molecule has 1 aliphatic heterocycles. The van der Waals surface area contributed by atoms with E-state index in [1.54, 1.807) is 18.2 Å². The molecule has 0 aliphatic carbocycles. The molecule has 1 N–H and O–H groups in total. The number of hydrogen-bond acceptors (Lipinski definition) is 3. The van der Waals surface area contributed by atoms with Crippen LogP contribution in [-0.4, -0.2) is 24.0 Å². The van der Waals surface area contributed by atoms with E-state index < -0.39 is 5.97 Å². The Hall–Kier alpha value is -1.55. The van der Waals surface area contributed by atoms with Gasteiger partial charge in [0.1, 0.15) is 11.3 Å². The monoisotopic (exact) mass is 222 g/mol. The number of hydrogen-bond donors (Lipinski definition) is 1. The van der Waals surface area contributed by atoms with Crippen LogP contribution in [0.25, 0.3) is 0 Å². The highest BCUT2D eigenvalue weighted by molar-refractivity contribution is 5.90. The molecule has 1 atom stereocenters. The van der Waals surface area contributed by atoms with Crippen molar-refractivity contribution in [1.29, 1.82) is 0 Å². The molecule has 0 aromatic heterocycles. The molecule has 0 spiro atoms. The number of para-hydroxylation sites is 1. The fourth-order valence-electron chi connectivity index (χ4n) is 1.69. The van der Waals surface area contributed by atoms with Crippen LogP contribution in [0.4, 0.5) is 0 Å². The highest BCUT2D eigenvalue weighted by Gasteiger charge is 2.18. The number of ether oxygens (including phenoxy) is 2. The summed E-state index contributed by atoms with van der Waals surface area (Å²) in [6, 6.07) is 6.62. The van der Waals surface area contributed by atoms with E-state index in [2.05, 4.69) is 0 Å². The first-order valence-electron chi connectivity index (χ1n) is 5.38. The van der Waals surface area contributed by atoms with E-state index in [4.69, 9.17) is 14.6 Å². The Labute approximate surface area is 93.8 Å². The van der Waals surface area contributed by atoms with E-state index in [1.165, 1.54) is 6.07 Å². The number of carboxylic acids is 1. The highest BCUT2D eigenvalue weighted by atomic mass is 16.7. The fourth-order valence-corrected chi connectivity index (χ4v) is 1.69. The van der Waals surface area contributed by atoms with E-state index in [0.29, 0.717) is 12.4 Å². The summed E-state index contributed by atoms with van der Waals surface area (Å²) in [6.07, 6.45) is 2.60. The Balaban J connectivity index is 2.10. The van der Waals surface area contributed by atoms with Crippen LogP contribution < -0.4 is 4.74 Å². The summed E-state index contributed by atoms with van der Waals surface area (Å²) in [5, 5.41) is 8.97. The third-order valence-corrected chi connectivity index (χ3v) is 2.51. The predicted octanol–water partition coefficient (Wildman–Crippen LogP) is 2.29. The molecule has 0 unspecified atom stereocenters. The first-order chi connectivity index (χ1) is 7.77. The second-order valence-electron chi connectivity index (χ2n) is 3.72. The zero-order valence-corrected chi connectivity index (χ0v) is 8.89. The average molecular weight is 222 g/mol. The lowest BCUT2D eigenvalue weighted by Gasteiger charge is -2.24. The zero-order valence-electron chi connectivity index (χ0n) is 8.89. The van der Waals surface area contributed by atoms with Gasteiger partial charge in [0, 0.05) is 6.42 Å². The number of rotatable bonds is 3. The standard InChI is InChI=1S/C12H14O4/c13-12(14)9-5-1-2-6-10(9)16-11-7-3-4-8-15-11/h1-2,5-6,11H,3-4,7-8H2,(H,13,14)/t11-/m0/s1. The molecule has 1 aromatic rings. The Kier molecular flexibility index (Phi) is 3.41. The highest BCUT2D eigenvalue weighted by Crippen LogP contribution is 2.22. The Morgan fingerprint density at radius 1 is 1.38 bits per heavy atom. The minimum atomic E-state index is -0.980. The molecule has 2 rings (SSSR count). The first kappa shape index (κ1) is 11.0. The van der Waals surface area contributed by atoms with Crippen molar-refractivity contribution < 1.29 is 19.4 Å². The van der Waals surface area contributed by atoms with Crippen LogP contribution in [0, 0.1) is 0 Å². The lowest BCUT2D eigenvalue weighted by molar-refractivity contribution is -0.106. The summed E-state index contributed by atoms with van der Waals surface area (Å²) in [4.78, 5) is 10.9. The molecule has 4 heteroatoms. The molecule has 1 aromatic carbocycles. The van der Waals surface area contributed by atoms with Crippen LogP contribution in [0.2, 0.25) is 0 Å². The lowest BCUT2D eigenvalue weighted by Crippen LogP contribution is -2.25. The van der Waals surface area contributed by atoms with Crippen LogP contribution in [-0.2, 0) is 4.74 Å². The lowest BCUT2D eigenvalue weighted by atomic mass is 10.2. The minimum absolute atomic E-state index is 0.177. The van der Waals surface area contributed by atoms with Gasteiger partial charge in [0.15, 0.2) is 6.29 Å². The maximum atomic E-state index is 10.9. The van der Waals surface area contributed by atoms with Crippen LogP contribution in [0.5, 0.6) is 5.75 Å². The van der Waals surface area contributed by atoms with Crippen LogP contribution >= 0.6 is 0 Å². The SMILES string of the molecule is O=C(O)c1ccccc1O[C@H]1CCCCO1. The van der Waals surface area contributed by atoms with Gasteiger partial charge >= 0.3 is 5.97 Å². The summed E-state index contributed by atoms with van der Waals surface area (Å²) in [6.45, 7) is 0.680. The van der Waals surface area contributed by atoms with Gasteiger partial charge in [-0.25, -0.2) is 4.79 Å². The van der Waals surface area contributed by atoms with Crippen molar-refractivity contribution >= 4 is 5.97 Å². The van der Waals surface area contributed by atoms with Gasteiger partial charge in [-0.2, -0.15) is 0 Å². The third-order valence-electron chi connectivity index (χ3n) is 2.51. The number of benzene rings is 1. The van der Waals surface area contributed by atoms with Gasteiger partial charge in [-0.3, -0.25) is 0 Å². The molecule has 16 heavy (non-hydrogen) atoms. The fraction of sp³-hybridized carbons (Fsp3) is 0.417. The van der Waals surface area contributed by atoms with Crippen molar-refractivity contribution in [3.8, 4) is 5.75 Å². The van der Waals surface area contributed by atoms with Gasteiger partial charge in [-0.05, 0) is 25.0 Å². The number of carboxylic acid groups (broad SMARTS) is 1. The summed E-state index contributed by atoms with van der Waals surface area (Å²) in [5.41, 5.74) is 0.177. The van der Waals surface area contributed by atoms with Crippen molar-refractivity contribution in [2.24, 2.45) is 0 Å². The molecule has 0 saturated carbocycles. The number of aromatic carboxylic acids is 1. The second kappa shape index (κ2) is 4.99. The molecule has 4 nitrogen and oxygen atoms in total. The van der Waals surface area contributed by atoms with Crippen molar-refractivity contribution in [2.45, 2.75) is 25.6 Å². The molecule has 0 amide bonds. The summed E-state index contributed by atoms with van der Waals surface area (Å²) in [7, 11) is 0. The van der Waals surface area contributed by atoms with Crippen molar-refractivity contribution in [3.63, 3.8) is 0 Å². The quantitative estimate of drug-likeness (QED) is 0.852. The first-order valence-corrected chi connectivity index (χ1v) is 5.38. The Bertz CT molecular complexity index is 369. The third kappa shape index (κ3) is 2.52. The van der Waals surface area contributed by atoms with Gasteiger partial charge in [0.25, 0.3) is 0 Å². The van der Waals surface area contributed by atoms with Crippen LogP contribution in [0.1, 0.15) is 29.6 Å². The zero-order chi connectivity index (χ0) is 11.4. The minimum Gasteiger partial charge on any atom is -0.478 e. The molecule has 0 radical (unpaired) electrons. The van der Waals surface area contributed by atoms with Gasteiger partial charge in [-0.1, -0.05) is 12.1 Å². The van der Waals surface area contributed by atoms with E-state index in [9.17, 15) is 4.79 Å². The molecule has 1 aliphatic rings. The Morgan fingerprint density at radius 2 is 2.19 bits per heavy atom.